The van der Waals surface area contributed by atoms with E-state index in [1.165, 1.54) is 6.33 Å². The number of nitrogens with one attached hydrogen (secondary N) is 1. The van der Waals surface area contributed by atoms with Gasteiger partial charge in [0.2, 0.25) is 0 Å². The van der Waals surface area contributed by atoms with Gasteiger partial charge in [-0.25, -0.2) is 14.4 Å². The SMILES string of the molecule is Cc1c(Cl)ncnc1Nc1c(Cl)cc(F)cc1Cl. The number of hydrogen-bond acceptors (Lipinski definition) is 3. The summed E-state index contributed by atoms with van der Waals surface area (Å²) in [6.45, 7) is 1.75. The average molecular weight is 307 g/mol. The maximum absolute atomic E-state index is 13.0. The van der Waals surface area contributed by atoms with Crippen LogP contribution in [0.5, 0.6) is 0 Å². The van der Waals surface area contributed by atoms with E-state index >= 15 is 0 Å². The lowest BCUT2D eigenvalue weighted by atomic mass is 10.3. The van der Waals surface area contributed by atoms with Crippen molar-refractivity contribution in [1.82, 2.24) is 9.97 Å². The summed E-state index contributed by atoms with van der Waals surface area (Å²) in [6.07, 6.45) is 1.31. The highest BCUT2D eigenvalue weighted by molar-refractivity contribution is 6.39. The van der Waals surface area contributed by atoms with Gasteiger partial charge < -0.3 is 5.32 Å². The summed E-state index contributed by atoms with van der Waals surface area (Å²) in [6, 6.07) is 2.32. The Balaban J connectivity index is 2.43. The summed E-state index contributed by atoms with van der Waals surface area (Å²) in [7, 11) is 0. The molecule has 1 N–H and O–H groups in total. The number of benzene rings is 1. The van der Waals surface area contributed by atoms with E-state index in [1.54, 1.807) is 6.92 Å². The topological polar surface area (TPSA) is 37.8 Å². The van der Waals surface area contributed by atoms with E-state index in [9.17, 15) is 4.39 Å². The van der Waals surface area contributed by atoms with Crippen LogP contribution in [0.1, 0.15) is 5.56 Å². The van der Waals surface area contributed by atoms with Crippen LogP contribution >= 0.6 is 34.8 Å². The van der Waals surface area contributed by atoms with Crippen LogP contribution in [-0.4, -0.2) is 9.97 Å². The lowest BCUT2D eigenvalue weighted by molar-refractivity contribution is 0.628. The molecule has 1 aromatic carbocycles. The monoisotopic (exact) mass is 305 g/mol. The number of nitrogens with zero attached hydrogens (tertiary/aromatic N) is 2. The van der Waals surface area contributed by atoms with Crippen LogP contribution in [0.3, 0.4) is 0 Å². The van der Waals surface area contributed by atoms with Gasteiger partial charge in [0.05, 0.1) is 15.7 Å². The fourth-order valence-electron chi connectivity index (χ4n) is 1.33. The van der Waals surface area contributed by atoms with Crippen molar-refractivity contribution < 1.29 is 4.39 Å². The molecule has 94 valence electrons. The summed E-state index contributed by atoms with van der Waals surface area (Å²) in [4.78, 5) is 7.85. The van der Waals surface area contributed by atoms with Crippen molar-refractivity contribution >= 4 is 46.3 Å². The van der Waals surface area contributed by atoms with E-state index in [1.807, 2.05) is 0 Å². The van der Waals surface area contributed by atoms with Crippen LogP contribution in [0.2, 0.25) is 15.2 Å². The zero-order valence-corrected chi connectivity index (χ0v) is 11.4. The zero-order valence-electron chi connectivity index (χ0n) is 9.14. The Morgan fingerprint density at radius 2 is 1.72 bits per heavy atom. The number of rotatable bonds is 2. The predicted molar refractivity (Wildman–Crippen MR) is 71.5 cm³/mol. The fraction of sp³-hybridized carbons (Fsp3) is 0.0909. The third kappa shape index (κ3) is 2.66. The molecule has 0 unspecified atom stereocenters. The third-order valence-corrected chi connectivity index (χ3v) is 3.25. The molecule has 0 amide bonds. The van der Waals surface area contributed by atoms with Crippen LogP contribution in [0, 0.1) is 12.7 Å². The Morgan fingerprint density at radius 3 is 2.33 bits per heavy atom. The molecule has 0 fully saturated rings. The van der Waals surface area contributed by atoms with Crippen LogP contribution in [0.4, 0.5) is 15.9 Å². The molecular formula is C11H7Cl3FN3. The van der Waals surface area contributed by atoms with Crippen molar-refractivity contribution in [2.45, 2.75) is 6.92 Å². The van der Waals surface area contributed by atoms with E-state index in [-0.39, 0.29) is 10.0 Å². The van der Waals surface area contributed by atoms with Crippen LogP contribution in [0.25, 0.3) is 0 Å². The summed E-state index contributed by atoms with van der Waals surface area (Å²) < 4.78 is 13.0. The molecule has 0 saturated carbocycles. The molecule has 7 heteroatoms. The number of anilines is 2. The molecule has 0 bridgehead atoms. The fourth-order valence-corrected chi connectivity index (χ4v) is 2.02. The van der Waals surface area contributed by atoms with Gasteiger partial charge in [0.15, 0.2) is 0 Å². The minimum atomic E-state index is -0.506. The van der Waals surface area contributed by atoms with Crippen molar-refractivity contribution in [3.05, 3.63) is 45.0 Å². The smallest absolute Gasteiger partial charge is 0.138 e. The second kappa shape index (κ2) is 5.26. The van der Waals surface area contributed by atoms with Gasteiger partial charge >= 0.3 is 0 Å². The molecular weight excluding hydrogens is 299 g/mol. The van der Waals surface area contributed by atoms with Crippen molar-refractivity contribution in [3.63, 3.8) is 0 Å². The molecule has 0 radical (unpaired) electrons. The Kier molecular flexibility index (Phi) is 3.90. The second-order valence-corrected chi connectivity index (χ2v) is 4.68. The highest BCUT2D eigenvalue weighted by Gasteiger charge is 2.12. The molecule has 0 aliphatic carbocycles. The molecule has 0 aliphatic rings. The molecule has 2 aromatic rings. The molecule has 3 nitrogen and oxygen atoms in total. The van der Waals surface area contributed by atoms with Gasteiger partial charge in [-0.05, 0) is 19.1 Å². The molecule has 18 heavy (non-hydrogen) atoms. The van der Waals surface area contributed by atoms with Gasteiger partial charge in [-0.1, -0.05) is 34.8 Å². The van der Waals surface area contributed by atoms with Crippen LogP contribution in [-0.2, 0) is 0 Å². The van der Waals surface area contributed by atoms with E-state index in [2.05, 4.69) is 15.3 Å². The van der Waals surface area contributed by atoms with Crippen molar-refractivity contribution in [2.24, 2.45) is 0 Å². The number of hydrogen-bond donors (Lipinski definition) is 1. The standard InChI is InChI=1S/C11H7Cl3FN3/c1-5-10(14)16-4-17-11(5)18-9-7(12)2-6(15)3-8(9)13/h2-4H,1H3,(H,16,17,18). The van der Waals surface area contributed by atoms with Crippen molar-refractivity contribution in [3.8, 4) is 0 Å². The van der Waals surface area contributed by atoms with Gasteiger partial charge in [-0.15, -0.1) is 0 Å². The second-order valence-electron chi connectivity index (χ2n) is 3.51. The predicted octanol–water partition coefficient (Wildman–Crippen LogP) is 4.63. The lowest BCUT2D eigenvalue weighted by Gasteiger charge is -2.12. The van der Waals surface area contributed by atoms with Gasteiger partial charge in [0.25, 0.3) is 0 Å². The molecule has 0 spiro atoms. The highest BCUT2D eigenvalue weighted by atomic mass is 35.5. The summed E-state index contributed by atoms with van der Waals surface area (Å²) in [5, 5.41) is 3.55. The highest BCUT2D eigenvalue weighted by Crippen LogP contribution is 2.34. The first-order valence-electron chi connectivity index (χ1n) is 4.87. The lowest BCUT2D eigenvalue weighted by Crippen LogP contribution is -1.99. The van der Waals surface area contributed by atoms with E-state index in [0.29, 0.717) is 22.2 Å². The van der Waals surface area contributed by atoms with Gasteiger partial charge in [0.1, 0.15) is 23.1 Å². The first-order valence-corrected chi connectivity index (χ1v) is 6.01. The third-order valence-electron chi connectivity index (χ3n) is 2.27. The van der Waals surface area contributed by atoms with Crippen LogP contribution in [0.15, 0.2) is 18.5 Å². The zero-order chi connectivity index (χ0) is 13.3. The summed E-state index contributed by atoms with van der Waals surface area (Å²) >= 11 is 17.7. The Bertz CT molecular complexity index is 581. The van der Waals surface area contributed by atoms with Gasteiger partial charge in [0, 0.05) is 5.56 Å². The maximum Gasteiger partial charge on any atom is 0.138 e. The van der Waals surface area contributed by atoms with E-state index < -0.39 is 5.82 Å². The normalized spacial score (nSPS) is 10.5. The first-order chi connectivity index (χ1) is 8.49. The summed E-state index contributed by atoms with van der Waals surface area (Å²) in [5.74, 6) is -0.0431. The Labute approximate surface area is 118 Å². The molecule has 0 saturated heterocycles. The molecule has 0 atom stereocenters. The Morgan fingerprint density at radius 1 is 1.11 bits per heavy atom. The number of aromatic nitrogens is 2. The molecule has 2 rings (SSSR count). The summed E-state index contributed by atoms with van der Waals surface area (Å²) in [5.41, 5.74) is 1.02. The quantitative estimate of drug-likeness (QED) is 0.822. The first kappa shape index (κ1) is 13.3. The maximum atomic E-state index is 13.0. The van der Waals surface area contributed by atoms with Crippen molar-refractivity contribution in [1.29, 1.82) is 0 Å². The molecule has 0 aliphatic heterocycles. The molecule has 1 aromatic heterocycles. The van der Waals surface area contributed by atoms with Gasteiger partial charge in [-0.3, -0.25) is 0 Å². The minimum absolute atomic E-state index is 0.161. The minimum Gasteiger partial charge on any atom is -0.337 e. The van der Waals surface area contributed by atoms with Crippen LogP contribution < -0.4 is 5.32 Å². The van der Waals surface area contributed by atoms with E-state index in [0.717, 1.165) is 12.1 Å². The van der Waals surface area contributed by atoms with E-state index in [4.69, 9.17) is 34.8 Å². The Hall–Kier alpha value is -1.10. The van der Waals surface area contributed by atoms with Crippen molar-refractivity contribution in [2.75, 3.05) is 5.32 Å². The largest absolute Gasteiger partial charge is 0.337 e. The average Bonchev–Trinajstić information content (AvgIpc) is 2.28. The molecule has 1 heterocycles. The number of halogens is 4. The van der Waals surface area contributed by atoms with Gasteiger partial charge in [-0.2, -0.15) is 0 Å².